The molecule has 0 atom stereocenters. The highest BCUT2D eigenvalue weighted by atomic mass is 16.6. The lowest BCUT2D eigenvalue weighted by Crippen LogP contribution is -2.18. The molecule has 2 aromatic rings. The third-order valence-corrected chi connectivity index (χ3v) is 4.25. The maximum Gasteiger partial charge on any atom is 0.269 e. The Morgan fingerprint density at radius 3 is 2.00 bits per heavy atom. The lowest BCUT2D eigenvalue weighted by molar-refractivity contribution is -0.384. The molecule has 4 nitrogen and oxygen atoms in total. The van der Waals surface area contributed by atoms with Crippen molar-refractivity contribution < 1.29 is 4.92 Å². The monoisotopic (exact) mass is 338 g/mol. The lowest BCUT2D eigenvalue weighted by atomic mass is 10.1. The van der Waals surface area contributed by atoms with Crippen LogP contribution in [0.15, 0.2) is 48.5 Å². The van der Waals surface area contributed by atoms with Gasteiger partial charge in [0.05, 0.1) is 4.92 Å². The third-order valence-electron chi connectivity index (χ3n) is 4.25. The van der Waals surface area contributed by atoms with E-state index in [-0.39, 0.29) is 10.6 Å². The molecule has 0 unspecified atom stereocenters. The second kappa shape index (κ2) is 9.62. The topological polar surface area (TPSA) is 46.4 Å². The summed E-state index contributed by atoms with van der Waals surface area (Å²) in [4.78, 5) is 12.6. The van der Waals surface area contributed by atoms with Crippen molar-refractivity contribution in [2.75, 3.05) is 18.5 Å². The largest absolute Gasteiger partial charge is 0.375 e. The molecule has 0 spiro atoms. The number of unbranched alkanes of at least 4 members (excludes halogenated alkanes) is 3. The Balaban J connectivity index is 1.91. The SMILES string of the molecule is CCCCCCN(C)c1ccc(C=Cc2ccc([N+](=O)[O-])cc2)cc1. The molecule has 0 N–H and O–H groups in total. The van der Waals surface area contributed by atoms with Crippen molar-refractivity contribution in [3.63, 3.8) is 0 Å². The molecule has 0 heterocycles. The van der Waals surface area contributed by atoms with Gasteiger partial charge in [-0.05, 0) is 41.8 Å². The average Bonchev–Trinajstić information content (AvgIpc) is 2.64. The first kappa shape index (κ1) is 18.7. The Morgan fingerprint density at radius 1 is 0.920 bits per heavy atom. The Morgan fingerprint density at radius 2 is 1.48 bits per heavy atom. The maximum atomic E-state index is 10.7. The van der Waals surface area contributed by atoms with E-state index >= 15 is 0 Å². The molecular formula is C21H26N2O2. The Kier molecular flexibility index (Phi) is 7.20. The van der Waals surface area contributed by atoms with Crippen LogP contribution < -0.4 is 4.90 Å². The fourth-order valence-corrected chi connectivity index (χ4v) is 2.64. The molecule has 0 aliphatic rings. The summed E-state index contributed by atoms with van der Waals surface area (Å²) in [5.41, 5.74) is 3.40. The van der Waals surface area contributed by atoms with Gasteiger partial charge in [-0.2, -0.15) is 0 Å². The standard InChI is InChI=1S/C21H26N2O2/c1-3-4-5-6-17-22(2)20-13-9-18(10-14-20)7-8-19-11-15-21(16-12-19)23(24)25/h7-16H,3-6,17H2,1-2H3. The summed E-state index contributed by atoms with van der Waals surface area (Å²) in [5.74, 6) is 0. The zero-order valence-electron chi connectivity index (χ0n) is 15.0. The highest BCUT2D eigenvalue weighted by Gasteiger charge is 2.02. The Hall–Kier alpha value is -2.62. The highest BCUT2D eigenvalue weighted by molar-refractivity contribution is 5.70. The van der Waals surface area contributed by atoms with Crippen LogP contribution in [-0.2, 0) is 0 Å². The van der Waals surface area contributed by atoms with Crippen LogP contribution in [0.3, 0.4) is 0 Å². The minimum absolute atomic E-state index is 0.114. The minimum atomic E-state index is -0.384. The van der Waals surface area contributed by atoms with Gasteiger partial charge in [-0.1, -0.05) is 50.5 Å². The van der Waals surface area contributed by atoms with Crippen LogP contribution >= 0.6 is 0 Å². The van der Waals surface area contributed by atoms with Gasteiger partial charge in [0.25, 0.3) is 5.69 Å². The van der Waals surface area contributed by atoms with E-state index in [2.05, 4.69) is 43.1 Å². The van der Waals surface area contributed by atoms with Gasteiger partial charge in [-0.3, -0.25) is 10.1 Å². The quantitative estimate of drug-likeness (QED) is 0.252. The number of nitro groups is 1. The van der Waals surface area contributed by atoms with E-state index in [4.69, 9.17) is 0 Å². The van der Waals surface area contributed by atoms with E-state index in [1.54, 1.807) is 12.1 Å². The first-order valence-electron chi connectivity index (χ1n) is 8.84. The molecule has 0 aliphatic heterocycles. The van der Waals surface area contributed by atoms with Crippen molar-refractivity contribution in [2.24, 2.45) is 0 Å². The summed E-state index contributed by atoms with van der Waals surface area (Å²) in [6.45, 7) is 3.31. The molecule has 2 rings (SSSR count). The number of rotatable bonds is 9. The molecular weight excluding hydrogens is 312 g/mol. The second-order valence-corrected chi connectivity index (χ2v) is 6.26. The van der Waals surface area contributed by atoms with Crippen molar-refractivity contribution in [1.82, 2.24) is 0 Å². The van der Waals surface area contributed by atoms with Crippen LogP contribution in [0.4, 0.5) is 11.4 Å². The molecule has 0 saturated heterocycles. The molecule has 2 aromatic carbocycles. The molecule has 0 saturated carbocycles. The summed E-state index contributed by atoms with van der Waals surface area (Å²) in [6.07, 6.45) is 9.07. The molecule has 0 aliphatic carbocycles. The Bertz CT molecular complexity index is 691. The number of hydrogen-bond acceptors (Lipinski definition) is 3. The van der Waals surface area contributed by atoms with E-state index in [0.717, 1.165) is 17.7 Å². The van der Waals surface area contributed by atoms with Gasteiger partial charge in [-0.25, -0.2) is 0 Å². The number of nitro benzene ring substituents is 1. The number of nitrogens with zero attached hydrogens (tertiary/aromatic N) is 2. The van der Waals surface area contributed by atoms with E-state index in [1.165, 1.54) is 43.5 Å². The van der Waals surface area contributed by atoms with Crippen molar-refractivity contribution in [2.45, 2.75) is 32.6 Å². The summed E-state index contributed by atoms with van der Waals surface area (Å²) in [6, 6.07) is 15.0. The minimum Gasteiger partial charge on any atom is -0.375 e. The van der Waals surface area contributed by atoms with Gasteiger partial charge < -0.3 is 4.90 Å². The van der Waals surface area contributed by atoms with Crippen LogP contribution in [0.5, 0.6) is 0 Å². The van der Waals surface area contributed by atoms with Gasteiger partial charge in [0.1, 0.15) is 0 Å². The predicted octanol–water partition coefficient (Wildman–Crippen LogP) is 5.78. The molecule has 25 heavy (non-hydrogen) atoms. The summed E-state index contributed by atoms with van der Waals surface area (Å²) in [7, 11) is 2.13. The molecule has 0 aromatic heterocycles. The van der Waals surface area contributed by atoms with Crippen LogP contribution in [0, 0.1) is 10.1 Å². The van der Waals surface area contributed by atoms with Crippen molar-refractivity contribution in [1.29, 1.82) is 0 Å². The molecule has 0 fully saturated rings. The summed E-state index contributed by atoms with van der Waals surface area (Å²) < 4.78 is 0. The van der Waals surface area contributed by atoms with Gasteiger partial charge >= 0.3 is 0 Å². The first-order chi connectivity index (χ1) is 12.1. The highest BCUT2D eigenvalue weighted by Crippen LogP contribution is 2.18. The molecule has 0 radical (unpaired) electrons. The normalized spacial score (nSPS) is 11.0. The number of hydrogen-bond donors (Lipinski definition) is 0. The molecule has 132 valence electrons. The molecule has 4 heteroatoms. The lowest BCUT2D eigenvalue weighted by Gasteiger charge is -2.19. The van der Waals surface area contributed by atoms with Crippen LogP contribution in [0.25, 0.3) is 12.2 Å². The zero-order valence-corrected chi connectivity index (χ0v) is 15.0. The fraction of sp³-hybridized carbons (Fsp3) is 0.333. The van der Waals surface area contributed by atoms with Gasteiger partial charge in [0.2, 0.25) is 0 Å². The number of non-ortho nitro benzene ring substituents is 1. The summed E-state index contributed by atoms with van der Waals surface area (Å²) in [5, 5.41) is 10.7. The van der Waals surface area contributed by atoms with Crippen molar-refractivity contribution >= 4 is 23.5 Å². The zero-order chi connectivity index (χ0) is 18.1. The van der Waals surface area contributed by atoms with Gasteiger partial charge in [0.15, 0.2) is 0 Å². The average molecular weight is 338 g/mol. The van der Waals surface area contributed by atoms with E-state index in [0.29, 0.717) is 0 Å². The molecule has 0 bridgehead atoms. The van der Waals surface area contributed by atoms with Crippen molar-refractivity contribution in [3.8, 4) is 0 Å². The van der Waals surface area contributed by atoms with Crippen molar-refractivity contribution in [3.05, 3.63) is 69.8 Å². The van der Waals surface area contributed by atoms with E-state index < -0.39 is 0 Å². The fourth-order valence-electron chi connectivity index (χ4n) is 2.64. The van der Waals surface area contributed by atoms with Gasteiger partial charge in [-0.15, -0.1) is 0 Å². The van der Waals surface area contributed by atoms with Crippen LogP contribution in [0.2, 0.25) is 0 Å². The van der Waals surface area contributed by atoms with Crippen LogP contribution in [0.1, 0.15) is 43.7 Å². The summed E-state index contributed by atoms with van der Waals surface area (Å²) >= 11 is 0. The second-order valence-electron chi connectivity index (χ2n) is 6.26. The Labute approximate surface area is 149 Å². The predicted molar refractivity (Wildman–Crippen MR) is 106 cm³/mol. The van der Waals surface area contributed by atoms with E-state index in [1.807, 2.05) is 12.2 Å². The smallest absolute Gasteiger partial charge is 0.269 e. The van der Waals surface area contributed by atoms with Crippen LogP contribution in [-0.4, -0.2) is 18.5 Å². The first-order valence-corrected chi connectivity index (χ1v) is 8.84. The van der Waals surface area contributed by atoms with E-state index in [9.17, 15) is 10.1 Å². The molecule has 0 amide bonds. The number of anilines is 1. The third kappa shape index (κ3) is 6.07. The van der Waals surface area contributed by atoms with Gasteiger partial charge in [0, 0.05) is 31.4 Å². The maximum absolute atomic E-state index is 10.7. The number of benzene rings is 2.